The van der Waals surface area contributed by atoms with Gasteiger partial charge < -0.3 is 4.74 Å². The third-order valence-electron chi connectivity index (χ3n) is 1.47. The van der Waals surface area contributed by atoms with Crippen LogP contribution in [-0.4, -0.2) is 6.61 Å². The molecule has 14 heavy (non-hydrogen) atoms. The third kappa shape index (κ3) is 2.16. The van der Waals surface area contributed by atoms with Crippen LogP contribution in [0.3, 0.4) is 0 Å². The second-order valence-corrected chi connectivity index (χ2v) is 2.43. The molecule has 0 aromatic heterocycles. The van der Waals surface area contributed by atoms with Crippen molar-refractivity contribution in [2.45, 2.75) is 6.42 Å². The molecule has 1 aromatic rings. The number of benzene rings is 1. The lowest BCUT2D eigenvalue weighted by Crippen LogP contribution is -2.00. The molecular weight excluding hydrogens is 195 g/mol. The van der Waals surface area contributed by atoms with Crippen LogP contribution in [0, 0.1) is 28.8 Å². The zero-order valence-corrected chi connectivity index (χ0v) is 7.06. The third-order valence-corrected chi connectivity index (χ3v) is 1.47. The van der Waals surface area contributed by atoms with E-state index in [2.05, 4.69) is 0 Å². The van der Waals surface area contributed by atoms with E-state index >= 15 is 0 Å². The van der Waals surface area contributed by atoms with Crippen molar-refractivity contribution in [1.82, 2.24) is 0 Å². The van der Waals surface area contributed by atoms with Crippen molar-refractivity contribution in [2.24, 2.45) is 0 Å². The van der Waals surface area contributed by atoms with E-state index in [-0.39, 0.29) is 18.8 Å². The number of halogens is 3. The van der Waals surface area contributed by atoms with Crippen LogP contribution < -0.4 is 4.74 Å². The summed E-state index contributed by atoms with van der Waals surface area (Å²) in [7, 11) is 0. The smallest absolute Gasteiger partial charge is 0.203 e. The van der Waals surface area contributed by atoms with E-state index in [1.54, 1.807) is 6.07 Å². The first kappa shape index (κ1) is 10.4. The average Bonchev–Trinajstić information content (AvgIpc) is 2.18. The summed E-state index contributed by atoms with van der Waals surface area (Å²) in [5.41, 5.74) is 0. The predicted molar refractivity (Wildman–Crippen MR) is 42.0 cm³/mol. The van der Waals surface area contributed by atoms with Gasteiger partial charge in [-0.3, -0.25) is 0 Å². The Balaban J connectivity index is 2.79. The van der Waals surface area contributed by atoms with E-state index in [0.717, 1.165) is 12.1 Å². The van der Waals surface area contributed by atoms with Gasteiger partial charge in [-0.2, -0.15) is 9.65 Å². The Hall–Kier alpha value is -1.70. The summed E-state index contributed by atoms with van der Waals surface area (Å²) >= 11 is 0. The summed E-state index contributed by atoms with van der Waals surface area (Å²) < 4.78 is 42.6. The maximum absolute atomic E-state index is 12.9. The fraction of sp³-hybridized carbons (Fsp3) is 0.222. The molecule has 0 fully saturated rings. The number of nitrogens with zero attached hydrogens (tertiary/aromatic N) is 1. The Kier molecular flexibility index (Phi) is 3.35. The van der Waals surface area contributed by atoms with Gasteiger partial charge in [-0.15, -0.1) is 0 Å². The fourth-order valence-corrected chi connectivity index (χ4v) is 0.826. The van der Waals surface area contributed by atoms with Crippen LogP contribution >= 0.6 is 0 Å². The molecule has 74 valence electrons. The van der Waals surface area contributed by atoms with E-state index in [4.69, 9.17) is 10.00 Å². The lowest BCUT2D eigenvalue weighted by atomic mass is 10.3. The van der Waals surface area contributed by atoms with Crippen LogP contribution in [0.15, 0.2) is 12.1 Å². The normalized spacial score (nSPS) is 9.57. The van der Waals surface area contributed by atoms with Gasteiger partial charge in [0.25, 0.3) is 0 Å². The lowest BCUT2D eigenvalue weighted by Gasteiger charge is -2.05. The van der Waals surface area contributed by atoms with Crippen molar-refractivity contribution < 1.29 is 17.9 Å². The molecule has 0 unspecified atom stereocenters. The van der Waals surface area contributed by atoms with Crippen molar-refractivity contribution in [3.8, 4) is 11.8 Å². The molecule has 0 saturated heterocycles. The van der Waals surface area contributed by atoms with Gasteiger partial charge in [0, 0.05) is 0 Å². The van der Waals surface area contributed by atoms with E-state index in [1.807, 2.05) is 0 Å². The van der Waals surface area contributed by atoms with Gasteiger partial charge in [0.2, 0.25) is 5.82 Å². The largest absolute Gasteiger partial charge is 0.489 e. The van der Waals surface area contributed by atoms with E-state index in [9.17, 15) is 13.2 Å². The van der Waals surface area contributed by atoms with Crippen molar-refractivity contribution in [3.63, 3.8) is 0 Å². The van der Waals surface area contributed by atoms with Crippen molar-refractivity contribution >= 4 is 0 Å². The monoisotopic (exact) mass is 201 g/mol. The lowest BCUT2D eigenvalue weighted by molar-refractivity contribution is 0.299. The Bertz CT molecular complexity index is 373. The zero-order valence-electron chi connectivity index (χ0n) is 7.06. The summed E-state index contributed by atoms with van der Waals surface area (Å²) in [5, 5.41) is 8.15. The van der Waals surface area contributed by atoms with Crippen LogP contribution in [0.1, 0.15) is 6.42 Å². The minimum atomic E-state index is -1.57. The molecule has 0 heterocycles. The minimum absolute atomic E-state index is 0.0540. The van der Waals surface area contributed by atoms with E-state index < -0.39 is 17.5 Å². The summed E-state index contributed by atoms with van der Waals surface area (Å²) in [6.07, 6.45) is 0.0540. The first-order chi connectivity index (χ1) is 6.66. The number of hydrogen-bond donors (Lipinski definition) is 0. The van der Waals surface area contributed by atoms with Gasteiger partial charge in [0.1, 0.15) is 6.61 Å². The molecule has 0 aliphatic carbocycles. The molecule has 1 aromatic carbocycles. The van der Waals surface area contributed by atoms with Crippen LogP contribution in [0.4, 0.5) is 13.2 Å². The Morgan fingerprint density at radius 1 is 1.21 bits per heavy atom. The topological polar surface area (TPSA) is 33.0 Å². The van der Waals surface area contributed by atoms with Crippen molar-refractivity contribution in [3.05, 3.63) is 29.6 Å². The van der Waals surface area contributed by atoms with Gasteiger partial charge in [0.05, 0.1) is 12.5 Å². The fourth-order valence-electron chi connectivity index (χ4n) is 0.826. The Morgan fingerprint density at radius 2 is 1.93 bits per heavy atom. The molecule has 0 amide bonds. The maximum atomic E-state index is 12.9. The van der Waals surface area contributed by atoms with Crippen LogP contribution in [0.25, 0.3) is 0 Å². The van der Waals surface area contributed by atoms with Gasteiger partial charge in [-0.1, -0.05) is 0 Å². The van der Waals surface area contributed by atoms with E-state index in [0.29, 0.717) is 0 Å². The highest BCUT2D eigenvalue weighted by molar-refractivity contribution is 5.26. The number of nitriles is 1. The first-order valence-corrected chi connectivity index (χ1v) is 3.80. The number of ether oxygens (including phenoxy) is 1. The highest BCUT2D eigenvalue weighted by Crippen LogP contribution is 2.21. The van der Waals surface area contributed by atoms with Crippen molar-refractivity contribution in [2.75, 3.05) is 6.61 Å². The molecule has 2 nitrogen and oxygen atoms in total. The van der Waals surface area contributed by atoms with Gasteiger partial charge >= 0.3 is 0 Å². The molecule has 0 radical (unpaired) electrons. The maximum Gasteiger partial charge on any atom is 0.203 e. The van der Waals surface area contributed by atoms with Gasteiger partial charge in [0.15, 0.2) is 17.4 Å². The molecule has 0 aliphatic rings. The van der Waals surface area contributed by atoms with Crippen LogP contribution in [0.2, 0.25) is 0 Å². The summed E-state index contributed by atoms with van der Waals surface area (Å²) in [6, 6.07) is 3.51. The molecular formula is C9H6F3NO. The second-order valence-electron chi connectivity index (χ2n) is 2.43. The Morgan fingerprint density at radius 3 is 2.57 bits per heavy atom. The first-order valence-electron chi connectivity index (χ1n) is 3.80. The van der Waals surface area contributed by atoms with Gasteiger partial charge in [-0.05, 0) is 12.1 Å². The Labute approximate surface area is 78.5 Å². The van der Waals surface area contributed by atoms with Crippen molar-refractivity contribution in [1.29, 1.82) is 5.26 Å². The summed E-state index contributed by atoms with van der Waals surface area (Å²) in [5.74, 6) is -4.60. The molecule has 0 bridgehead atoms. The van der Waals surface area contributed by atoms with Crippen LogP contribution in [0.5, 0.6) is 5.75 Å². The van der Waals surface area contributed by atoms with Gasteiger partial charge in [-0.25, -0.2) is 8.78 Å². The minimum Gasteiger partial charge on any atom is -0.489 e. The highest BCUT2D eigenvalue weighted by Gasteiger charge is 2.13. The molecule has 1 rings (SSSR count). The SMILES string of the molecule is N#CCCOc1ccc(F)c(F)c1F. The standard InChI is InChI=1S/C9H6F3NO/c10-6-2-3-7(9(12)8(6)11)14-5-1-4-13/h2-3H,1,5H2. The molecule has 0 atom stereocenters. The quantitative estimate of drug-likeness (QED) is 0.555. The second kappa shape index (κ2) is 4.51. The average molecular weight is 201 g/mol. The molecule has 0 N–H and O–H groups in total. The number of hydrogen-bond acceptors (Lipinski definition) is 2. The summed E-state index contributed by atoms with van der Waals surface area (Å²) in [6.45, 7) is -0.0571. The van der Waals surface area contributed by atoms with E-state index in [1.165, 1.54) is 0 Å². The zero-order chi connectivity index (χ0) is 10.6. The molecule has 0 spiro atoms. The molecule has 0 aliphatic heterocycles. The van der Waals surface area contributed by atoms with Crippen LogP contribution in [-0.2, 0) is 0 Å². The predicted octanol–water partition coefficient (Wildman–Crippen LogP) is 2.40. The molecule has 0 saturated carbocycles. The molecule has 5 heteroatoms. The summed E-state index contributed by atoms with van der Waals surface area (Å²) in [4.78, 5) is 0. The highest BCUT2D eigenvalue weighted by atomic mass is 19.2. The number of rotatable bonds is 3.